The number of nitrogens with one attached hydrogen (secondary N) is 1. The highest BCUT2D eigenvalue weighted by Gasteiger charge is 2.25. The summed E-state index contributed by atoms with van der Waals surface area (Å²) in [6.07, 6.45) is 11.9. The van der Waals surface area contributed by atoms with Gasteiger partial charge in [-0.2, -0.15) is 0 Å². The fraction of sp³-hybridized carbons (Fsp3) is 0.765. The van der Waals surface area contributed by atoms with Gasteiger partial charge in [0.2, 0.25) is 5.95 Å². The van der Waals surface area contributed by atoms with Crippen LogP contribution in [0.4, 0.5) is 5.95 Å². The Morgan fingerprint density at radius 2 is 1.81 bits per heavy atom. The Hall–Kier alpha value is -1.16. The Labute approximate surface area is 128 Å². The Balaban J connectivity index is 1.65. The maximum Gasteiger partial charge on any atom is 0.225 e. The van der Waals surface area contributed by atoms with E-state index in [2.05, 4.69) is 34.0 Å². The summed E-state index contributed by atoms with van der Waals surface area (Å²) in [6, 6.07) is 1.38. The van der Waals surface area contributed by atoms with Crippen LogP contribution in [0.5, 0.6) is 0 Å². The van der Waals surface area contributed by atoms with Crippen LogP contribution >= 0.6 is 0 Å². The van der Waals surface area contributed by atoms with E-state index in [0.29, 0.717) is 12.0 Å². The monoisotopic (exact) mass is 288 g/mol. The third kappa shape index (κ3) is 4.16. The molecule has 1 aromatic heterocycles. The largest absolute Gasteiger partial charge is 0.338 e. The van der Waals surface area contributed by atoms with Gasteiger partial charge >= 0.3 is 0 Å². The van der Waals surface area contributed by atoms with Gasteiger partial charge in [-0.15, -0.1) is 0 Å². The Kier molecular flexibility index (Phi) is 4.73. The molecule has 1 heterocycles. The van der Waals surface area contributed by atoms with Crippen molar-refractivity contribution < 1.29 is 0 Å². The number of rotatable bonds is 7. The van der Waals surface area contributed by atoms with E-state index in [1.807, 2.05) is 12.4 Å². The summed E-state index contributed by atoms with van der Waals surface area (Å²) in [5.74, 6) is 1.57. The van der Waals surface area contributed by atoms with Crippen molar-refractivity contribution in [2.24, 2.45) is 5.92 Å². The summed E-state index contributed by atoms with van der Waals surface area (Å²) in [5, 5.41) is 3.52. The van der Waals surface area contributed by atoms with Gasteiger partial charge in [0.15, 0.2) is 0 Å². The number of hydrogen-bond acceptors (Lipinski definition) is 4. The highest BCUT2D eigenvalue weighted by atomic mass is 15.3. The van der Waals surface area contributed by atoms with Crippen molar-refractivity contribution in [2.45, 2.75) is 71.0 Å². The van der Waals surface area contributed by atoms with Crippen LogP contribution in [0.1, 0.15) is 57.9 Å². The molecule has 3 rings (SSSR count). The summed E-state index contributed by atoms with van der Waals surface area (Å²) in [6.45, 7) is 6.51. The fourth-order valence-corrected chi connectivity index (χ4v) is 3.14. The number of hydrogen-bond donors (Lipinski definition) is 1. The second-order valence-electron chi connectivity index (χ2n) is 7.03. The lowest BCUT2D eigenvalue weighted by atomic mass is 10.1. The van der Waals surface area contributed by atoms with Gasteiger partial charge in [-0.05, 0) is 31.6 Å². The molecule has 0 saturated heterocycles. The Morgan fingerprint density at radius 1 is 1.14 bits per heavy atom. The minimum atomic E-state index is 0.642. The zero-order valence-electron chi connectivity index (χ0n) is 13.4. The highest BCUT2D eigenvalue weighted by molar-refractivity contribution is 5.32. The number of aromatic nitrogens is 2. The Bertz CT molecular complexity index is 433. The SMILES string of the molecule is CC(C)CN(c1ncc(CNC2CC2)cn1)C1CCCC1. The van der Waals surface area contributed by atoms with Crippen LogP contribution in [0.3, 0.4) is 0 Å². The molecule has 2 saturated carbocycles. The van der Waals surface area contributed by atoms with Crippen LogP contribution in [-0.4, -0.2) is 28.6 Å². The minimum absolute atomic E-state index is 0.642. The molecule has 2 fully saturated rings. The molecule has 0 aliphatic heterocycles. The normalized spacial score (nSPS) is 19.4. The molecule has 21 heavy (non-hydrogen) atoms. The van der Waals surface area contributed by atoms with E-state index in [1.54, 1.807) is 0 Å². The average molecular weight is 288 g/mol. The standard InChI is InChI=1S/C17H28N4/c1-13(2)12-21(16-5-3-4-6-16)17-19-10-14(11-20-17)9-18-15-7-8-15/h10-11,13,15-16,18H,3-9,12H2,1-2H3. The van der Waals surface area contributed by atoms with Gasteiger partial charge in [-0.25, -0.2) is 9.97 Å². The van der Waals surface area contributed by atoms with E-state index in [4.69, 9.17) is 0 Å². The van der Waals surface area contributed by atoms with Crippen molar-refractivity contribution in [3.8, 4) is 0 Å². The van der Waals surface area contributed by atoms with Crippen molar-refractivity contribution in [1.29, 1.82) is 0 Å². The maximum absolute atomic E-state index is 4.65. The summed E-state index contributed by atoms with van der Waals surface area (Å²) < 4.78 is 0. The van der Waals surface area contributed by atoms with Gasteiger partial charge < -0.3 is 10.2 Å². The van der Waals surface area contributed by atoms with E-state index in [1.165, 1.54) is 44.1 Å². The first-order chi connectivity index (χ1) is 10.2. The van der Waals surface area contributed by atoms with Crippen molar-refractivity contribution >= 4 is 5.95 Å². The third-order valence-electron chi connectivity index (χ3n) is 4.45. The molecule has 0 aromatic carbocycles. The maximum atomic E-state index is 4.65. The molecule has 0 spiro atoms. The van der Waals surface area contributed by atoms with Crippen molar-refractivity contribution in [3.05, 3.63) is 18.0 Å². The van der Waals surface area contributed by atoms with Crippen LogP contribution < -0.4 is 10.2 Å². The van der Waals surface area contributed by atoms with Crippen molar-refractivity contribution in [1.82, 2.24) is 15.3 Å². The van der Waals surface area contributed by atoms with Gasteiger partial charge in [0.1, 0.15) is 0 Å². The molecule has 4 nitrogen and oxygen atoms in total. The van der Waals surface area contributed by atoms with Crippen molar-refractivity contribution in [2.75, 3.05) is 11.4 Å². The molecule has 4 heteroatoms. The molecule has 1 aromatic rings. The molecule has 2 aliphatic carbocycles. The lowest BCUT2D eigenvalue weighted by Crippen LogP contribution is -2.37. The van der Waals surface area contributed by atoms with Crippen LogP contribution in [0, 0.1) is 5.92 Å². The first-order valence-electron chi connectivity index (χ1n) is 8.53. The van der Waals surface area contributed by atoms with Crippen LogP contribution in [-0.2, 0) is 6.54 Å². The van der Waals surface area contributed by atoms with Gasteiger partial charge in [-0.3, -0.25) is 0 Å². The predicted molar refractivity (Wildman–Crippen MR) is 86.3 cm³/mol. The van der Waals surface area contributed by atoms with Crippen LogP contribution in [0.25, 0.3) is 0 Å². The summed E-state index contributed by atoms with van der Waals surface area (Å²) in [7, 11) is 0. The predicted octanol–water partition coefficient (Wildman–Crippen LogP) is 3.13. The third-order valence-corrected chi connectivity index (χ3v) is 4.45. The molecule has 0 radical (unpaired) electrons. The molecule has 0 amide bonds. The fourth-order valence-electron chi connectivity index (χ4n) is 3.14. The molecule has 2 aliphatic rings. The van der Waals surface area contributed by atoms with Crippen LogP contribution in [0.2, 0.25) is 0 Å². The minimum Gasteiger partial charge on any atom is -0.338 e. The topological polar surface area (TPSA) is 41.1 Å². The highest BCUT2D eigenvalue weighted by Crippen LogP contribution is 2.27. The zero-order chi connectivity index (χ0) is 14.7. The Morgan fingerprint density at radius 3 is 2.38 bits per heavy atom. The van der Waals surface area contributed by atoms with Gasteiger partial charge in [0.05, 0.1) is 0 Å². The lowest BCUT2D eigenvalue weighted by molar-refractivity contribution is 0.525. The molecular weight excluding hydrogens is 260 g/mol. The smallest absolute Gasteiger partial charge is 0.225 e. The van der Waals surface area contributed by atoms with E-state index in [0.717, 1.165) is 25.1 Å². The number of nitrogens with zero attached hydrogens (tertiary/aromatic N) is 3. The first kappa shape index (κ1) is 14.8. The molecular formula is C17H28N4. The van der Waals surface area contributed by atoms with Crippen molar-refractivity contribution in [3.63, 3.8) is 0 Å². The average Bonchev–Trinajstić information content (AvgIpc) is 3.15. The summed E-state index contributed by atoms with van der Waals surface area (Å²) in [5.41, 5.74) is 1.20. The summed E-state index contributed by atoms with van der Waals surface area (Å²) in [4.78, 5) is 11.7. The van der Waals surface area contributed by atoms with E-state index in [9.17, 15) is 0 Å². The second kappa shape index (κ2) is 6.73. The van der Waals surface area contributed by atoms with E-state index >= 15 is 0 Å². The van der Waals surface area contributed by atoms with Gasteiger partial charge in [0, 0.05) is 43.1 Å². The van der Waals surface area contributed by atoms with Crippen LogP contribution in [0.15, 0.2) is 12.4 Å². The molecule has 0 unspecified atom stereocenters. The van der Waals surface area contributed by atoms with Gasteiger partial charge in [0.25, 0.3) is 0 Å². The second-order valence-corrected chi connectivity index (χ2v) is 7.03. The molecule has 1 N–H and O–H groups in total. The zero-order valence-corrected chi connectivity index (χ0v) is 13.4. The van der Waals surface area contributed by atoms with Gasteiger partial charge in [-0.1, -0.05) is 26.7 Å². The first-order valence-corrected chi connectivity index (χ1v) is 8.53. The van der Waals surface area contributed by atoms with E-state index < -0.39 is 0 Å². The molecule has 0 bridgehead atoms. The van der Waals surface area contributed by atoms with E-state index in [-0.39, 0.29) is 0 Å². The summed E-state index contributed by atoms with van der Waals surface area (Å²) >= 11 is 0. The lowest BCUT2D eigenvalue weighted by Gasteiger charge is -2.30. The quantitative estimate of drug-likeness (QED) is 0.837. The molecule has 116 valence electrons. The number of anilines is 1. The molecule has 0 atom stereocenters.